The van der Waals surface area contributed by atoms with E-state index < -0.39 is 34.6 Å². The van der Waals surface area contributed by atoms with Gasteiger partial charge < -0.3 is 13.8 Å². The standard InChI is InChI=1S/C18H21F3NO6PS/c1-3-26-29(23,27-4-2)13-14-9-11-15(12-10-14)22-30(24,25)17-8-6-5-7-16(17)28-18(19,20)21/h5-12,22H,3-4,13H2,1-2H3. The highest BCUT2D eigenvalue weighted by molar-refractivity contribution is 7.92. The molecular formula is C18H21F3NO6PS. The summed E-state index contributed by atoms with van der Waals surface area (Å²) in [4.78, 5) is -0.663. The van der Waals surface area contributed by atoms with Gasteiger partial charge in [0.25, 0.3) is 10.0 Å². The van der Waals surface area contributed by atoms with Crippen molar-refractivity contribution < 1.29 is 39.9 Å². The molecule has 0 bridgehead atoms. The molecule has 2 aromatic carbocycles. The van der Waals surface area contributed by atoms with Crippen molar-refractivity contribution in [3.05, 3.63) is 54.1 Å². The fourth-order valence-corrected chi connectivity index (χ4v) is 5.41. The maximum Gasteiger partial charge on any atom is 0.573 e. The molecule has 0 fully saturated rings. The number of ether oxygens (including phenoxy) is 1. The van der Waals surface area contributed by atoms with E-state index in [2.05, 4.69) is 9.46 Å². The highest BCUT2D eigenvalue weighted by Gasteiger charge is 2.34. The van der Waals surface area contributed by atoms with E-state index in [1.54, 1.807) is 13.8 Å². The number of sulfonamides is 1. The fraction of sp³-hybridized carbons (Fsp3) is 0.333. The van der Waals surface area contributed by atoms with E-state index in [1.165, 1.54) is 36.4 Å². The maximum absolute atomic E-state index is 12.6. The van der Waals surface area contributed by atoms with Gasteiger partial charge in [0, 0.05) is 5.69 Å². The third-order valence-corrected chi connectivity index (χ3v) is 7.07. The van der Waals surface area contributed by atoms with E-state index in [-0.39, 0.29) is 25.1 Å². The quantitative estimate of drug-likeness (QED) is 0.486. The third-order valence-electron chi connectivity index (χ3n) is 3.60. The molecule has 7 nitrogen and oxygen atoms in total. The van der Waals surface area contributed by atoms with E-state index in [0.717, 1.165) is 12.1 Å². The van der Waals surface area contributed by atoms with Crippen LogP contribution in [-0.4, -0.2) is 28.0 Å². The summed E-state index contributed by atoms with van der Waals surface area (Å²) in [6.45, 7) is 3.77. The number of alkyl halides is 3. The van der Waals surface area contributed by atoms with Gasteiger partial charge in [-0.15, -0.1) is 13.2 Å². The van der Waals surface area contributed by atoms with E-state index in [4.69, 9.17) is 9.05 Å². The molecule has 0 aliphatic rings. The lowest BCUT2D eigenvalue weighted by Crippen LogP contribution is -2.20. The van der Waals surface area contributed by atoms with E-state index in [0.29, 0.717) is 5.56 Å². The Labute approximate surface area is 172 Å². The Hall–Kier alpha value is -2.07. The molecule has 0 atom stereocenters. The fourth-order valence-electron chi connectivity index (χ4n) is 2.52. The Balaban J connectivity index is 2.20. The molecule has 30 heavy (non-hydrogen) atoms. The minimum Gasteiger partial charge on any atom is -0.404 e. The summed E-state index contributed by atoms with van der Waals surface area (Å²) in [6.07, 6.45) is -5.05. The van der Waals surface area contributed by atoms with E-state index in [9.17, 15) is 26.2 Å². The first-order valence-corrected chi connectivity index (χ1v) is 12.0. The second-order valence-corrected chi connectivity index (χ2v) is 9.61. The zero-order chi connectivity index (χ0) is 22.4. The van der Waals surface area contributed by atoms with Crippen LogP contribution in [0.3, 0.4) is 0 Å². The van der Waals surface area contributed by atoms with Gasteiger partial charge in [0.2, 0.25) is 0 Å². The number of anilines is 1. The van der Waals surface area contributed by atoms with Crippen LogP contribution in [0.15, 0.2) is 53.4 Å². The minimum absolute atomic E-state index is 0.00995. The van der Waals surface area contributed by atoms with Crippen LogP contribution in [0.4, 0.5) is 18.9 Å². The van der Waals surface area contributed by atoms with Gasteiger partial charge in [-0.2, -0.15) is 0 Å². The average Bonchev–Trinajstić information content (AvgIpc) is 2.62. The lowest BCUT2D eigenvalue weighted by Gasteiger charge is -2.17. The predicted octanol–water partition coefficient (Wildman–Crippen LogP) is 5.15. The predicted molar refractivity (Wildman–Crippen MR) is 105 cm³/mol. The van der Waals surface area contributed by atoms with Crippen LogP contribution >= 0.6 is 7.60 Å². The Bertz CT molecular complexity index is 986. The lowest BCUT2D eigenvalue weighted by molar-refractivity contribution is -0.275. The molecule has 0 aliphatic carbocycles. The van der Waals surface area contributed by atoms with Gasteiger partial charge in [-0.3, -0.25) is 9.29 Å². The summed E-state index contributed by atoms with van der Waals surface area (Å²) in [5.74, 6) is -0.844. The molecule has 0 heterocycles. The summed E-state index contributed by atoms with van der Waals surface area (Å²) in [5, 5.41) is 0. The first-order valence-electron chi connectivity index (χ1n) is 8.82. The SMILES string of the molecule is CCOP(=O)(Cc1ccc(NS(=O)(=O)c2ccccc2OC(F)(F)F)cc1)OCC. The van der Waals surface area contributed by atoms with Crippen molar-refractivity contribution in [2.45, 2.75) is 31.3 Å². The van der Waals surface area contributed by atoms with E-state index >= 15 is 0 Å². The van der Waals surface area contributed by atoms with Crippen LogP contribution in [0, 0.1) is 0 Å². The molecule has 0 aliphatic heterocycles. The van der Waals surface area contributed by atoms with Crippen LogP contribution < -0.4 is 9.46 Å². The third kappa shape index (κ3) is 7.02. The summed E-state index contributed by atoms with van der Waals surface area (Å²) in [5.41, 5.74) is 0.673. The molecule has 2 rings (SSSR count). The van der Waals surface area contributed by atoms with Crippen LogP contribution in [0.5, 0.6) is 5.75 Å². The molecule has 0 spiro atoms. The number of rotatable bonds is 10. The number of para-hydroxylation sites is 1. The van der Waals surface area contributed by atoms with Crippen LogP contribution in [0.2, 0.25) is 0 Å². The van der Waals surface area contributed by atoms with Gasteiger partial charge >= 0.3 is 14.0 Å². The van der Waals surface area contributed by atoms with Crippen molar-refractivity contribution in [3.63, 3.8) is 0 Å². The van der Waals surface area contributed by atoms with Crippen LogP contribution in [0.1, 0.15) is 19.4 Å². The van der Waals surface area contributed by atoms with E-state index in [1.807, 2.05) is 0 Å². The van der Waals surface area contributed by atoms with Crippen molar-refractivity contribution in [1.82, 2.24) is 0 Å². The first kappa shape index (κ1) is 24.2. The van der Waals surface area contributed by atoms with Gasteiger partial charge in [-0.05, 0) is 43.7 Å². The number of nitrogens with one attached hydrogen (secondary N) is 1. The van der Waals surface area contributed by atoms with Crippen LogP contribution in [0.25, 0.3) is 0 Å². The summed E-state index contributed by atoms with van der Waals surface area (Å²) >= 11 is 0. The zero-order valence-corrected chi connectivity index (χ0v) is 17.9. The number of benzene rings is 2. The maximum atomic E-state index is 12.6. The monoisotopic (exact) mass is 467 g/mol. The molecule has 166 valence electrons. The van der Waals surface area contributed by atoms with Crippen molar-refractivity contribution in [1.29, 1.82) is 0 Å². The molecule has 1 N–H and O–H groups in total. The van der Waals surface area contributed by atoms with Crippen LogP contribution in [-0.2, 0) is 29.8 Å². The highest BCUT2D eigenvalue weighted by Crippen LogP contribution is 2.51. The smallest absolute Gasteiger partial charge is 0.404 e. The molecule has 0 saturated carbocycles. The van der Waals surface area contributed by atoms with Crippen molar-refractivity contribution in [2.75, 3.05) is 17.9 Å². The summed E-state index contributed by atoms with van der Waals surface area (Å²) in [6, 6.07) is 10.2. The molecular weight excluding hydrogens is 446 g/mol. The Morgan fingerprint density at radius 2 is 1.53 bits per heavy atom. The number of halogens is 3. The Kier molecular flexibility index (Phi) is 7.93. The molecule has 2 aromatic rings. The average molecular weight is 467 g/mol. The van der Waals surface area contributed by atoms with Gasteiger partial charge in [0.05, 0.1) is 19.4 Å². The molecule has 0 radical (unpaired) electrons. The summed E-state index contributed by atoms with van der Waals surface area (Å²) < 4.78 is 91.7. The molecule has 12 heteroatoms. The molecule has 0 aromatic heterocycles. The second-order valence-electron chi connectivity index (χ2n) is 5.90. The van der Waals surface area contributed by atoms with Crippen molar-refractivity contribution >= 4 is 23.3 Å². The Morgan fingerprint density at radius 1 is 0.967 bits per heavy atom. The number of hydrogen-bond donors (Lipinski definition) is 1. The molecule has 0 unspecified atom stereocenters. The second kappa shape index (κ2) is 9.82. The first-order chi connectivity index (χ1) is 14.0. The summed E-state index contributed by atoms with van der Waals surface area (Å²) in [7, 11) is -7.69. The number of hydrogen-bond acceptors (Lipinski definition) is 6. The van der Waals surface area contributed by atoms with Gasteiger partial charge in [0.15, 0.2) is 0 Å². The van der Waals surface area contributed by atoms with Gasteiger partial charge in [0.1, 0.15) is 10.6 Å². The van der Waals surface area contributed by atoms with Gasteiger partial charge in [-0.25, -0.2) is 8.42 Å². The highest BCUT2D eigenvalue weighted by atomic mass is 32.2. The zero-order valence-electron chi connectivity index (χ0n) is 16.2. The lowest BCUT2D eigenvalue weighted by atomic mass is 10.2. The van der Waals surface area contributed by atoms with Crippen molar-refractivity contribution in [3.8, 4) is 5.75 Å². The Morgan fingerprint density at radius 3 is 2.07 bits per heavy atom. The van der Waals surface area contributed by atoms with Gasteiger partial charge in [-0.1, -0.05) is 24.3 Å². The topological polar surface area (TPSA) is 90.9 Å². The van der Waals surface area contributed by atoms with Crippen molar-refractivity contribution in [2.24, 2.45) is 0 Å². The molecule has 0 amide bonds. The molecule has 0 saturated heterocycles. The minimum atomic E-state index is -5.04. The normalized spacial score (nSPS) is 12.6. The largest absolute Gasteiger partial charge is 0.573 e.